The topological polar surface area (TPSA) is 149 Å². The minimum atomic E-state index is -0.532. The van der Waals surface area contributed by atoms with Crippen molar-refractivity contribution in [3.8, 4) is 0 Å². The number of ether oxygens (including phenoxy) is 2. The lowest BCUT2D eigenvalue weighted by molar-refractivity contribution is -0.139. The lowest BCUT2D eigenvalue weighted by Crippen LogP contribution is -2.23. The number of nitrogens with two attached hydrogens (primary N) is 1. The van der Waals surface area contributed by atoms with Gasteiger partial charge in [-0.2, -0.15) is 4.99 Å². The normalized spacial score (nSPS) is 11.0. The van der Waals surface area contributed by atoms with Crippen molar-refractivity contribution < 1.29 is 19.1 Å². The number of guanidine groups is 1. The van der Waals surface area contributed by atoms with Crippen molar-refractivity contribution in [3.05, 3.63) is 51.9 Å². The van der Waals surface area contributed by atoms with Gasteiger partial charge in [0.2, 0.25) is 11.9 Å². The molecule has 2 aromatic rings. The standard InChI is InChI=1S/C17H19N5O5/c1-3-27-15(25)10-4-6-11(7-5-10)19-16(18)22-17-20-12(8-13(23)21-17)9-14(24)26-2/h4-8H,3,9H2,1-2H3,(H4,18,19,20,21,22,23). The van der Waals surface area contributed by atoms with E-state index in [1.165, 1.54) is 13.2 Å². The molecule has 0 saturated heterocycles. The molecule has 0 aliphatic carbocycles. The molecule has 2 rings (SSSR count). The molecule has 0 unspecified atom stereocenters. The fourth-order valence-electron chi connectivity index (χ4n) is 2.05. The summed E-state index contributed by atoms with van der Waals surface area (Å²) in [5.41, 5.74) is 6.50. The highest BCUT2D eigenvalue weighted by Gasteiger charge is 2.08. The SMILES string of the molecule is CCOC(=O)c1ccc(NC(N)=Nc2nc(CC(=O)OC)cc(=O)[nH]2)cc1. The molecule has 0 amide bonds. The number of carbonyl (C=O) groups is 2. The van der Waals surface area contributed by atoms with Crippen LogP contribution < -0.4 is 16.6 Å². The lowest BCUT2D eigenvalue weighted by Gasteiger charge is -2.07. The highest BCUT2D eigenvalue weighted by molar-refractivity contribution is 5.94. The number of aromatic nitrogens is 2. The summed E-state index contributed by atoms with van der Waals surface area (Å²) in [5.74, 6) is -1.06. The molecule has 0 atom stereocenters. The summed E-state index contributed by atoms with van der Waals surface area (Å²) >= 11 is 0. The minimum absolute atomic E-state index is 0.0442. The van der Waals surface area contributed by atoms with E-state index in [-0.39, 0.29) is 24.0 Å². The number of aliphatic imine (C=N–C) groups is 1. The van der Waals surface area contributed by atoms with Gasteiger partial charge in [-0.05, 0) is 31.2 Å². The summed E-state index contributed by atoms with van der Waals surface area (Å²) in [7, 11) is 1.24. The zero-order valence-electron chi connectivity index (χ0n) is 14.8. The van der Waals surface area contributed by atoms with Gasteiger partial charge in [-0.25, -0.2) is 9.78 Å². The molecule has 142 valence electrons. The molecule has 0 bridgehead atoms. The van der Waals surface area contributed by atoms with E-state index in [1.807, 2.05) is 0 Å². The molecule has 1 aromatic heterocycles. The second-order valence-corrected chi connectivity index (χ2v) is 5.23. The number of esters is 2. The molecule has 0 radical (unpaired) electrons. The molecule has 0 fully saturated rings. The van der Waals surface area contributed by atoms with Crippen LogP contribution in [0.4, 0.5) is 11.6 Å². The average molecular weight is 373 g/mol. The lowest BCUT2D eigenvalue weighted by atomic mass is 10.2. The van der Waals surface area contributed by atoms with Gasteiger partial charge in [0.1, 0.15) is 0 Å². The third-order valence-electron chi connectivity index (χ3n) is 3.23. The number of nitrogens with one attached hydrogen (secondary N) is 2. The maximum atomic E-state index is 11.7. The number of anilines is 1. The van der Waals surface area contributed by atoms with E-state index in [4.69, 9.17) is 10.5 Å². The molecular weight excluding hydrogens is 354 g/mol. The van der Waals surface area contributed by atoms with E-state index >= 15 is 0 Å². The highest BCUT2D eigenvalue weighted by Crippen LogP contribution is 2.11. The van der Waals surface area contributed by atoms with E-state index in [0.717, 1.165) is 0 Å². The summed E-state index contributed by atoms with van der Waals surface area (Å²) < 4.78 is 9.44. The second kappa shape index (κ2) is 9.13. The van der Waals surface area contributed by atoms with Gasteiger partial charge in [-0.1, -0.05) is 0 Å². The zero-order valence-corrected chi connectivity index (χ0v) is 14.8. The fraction of sp³-hybridized carbons (Fsp3) is 0.235. The van der Waals surface area contributed by atoms with Gasteiger partial charge in [0, 0.05) is 11.8 Å². The Bertz CT molecular complexity index is 905. The Balaban J connectivity index is 2.12. The van der Waals surface area contributed by atoms with Crippen LogP contribution in [0.1, 0.15) is 23.0 Å². The van der Waals surface area contributed by atoms with Gasteiger partial charge in [-0.15, -0.1) is 0 Å². The van der Waals surface area contributed by atoms with Crippen LogP contribution in [0.15, 0.2) is 40.1 Å². The Morgan fingerprint density at radius 3 is 2.63 bits per heavy atom. The third-order valence-corrected chi connectivity index (χ3v) is 3.23. The quantitative estimate of drug-likeness (QED) is 0.381. The first-order valence-corrected chi connectivity index (χ1v) is 7.96. The van der Waals surface area contributed by atoms with Crippen LogP contribution in [0.2, 0.25) is 0 Å². The predicted octanol–water partition coefficient (Wildman–Crippen LogP) is 0.720. The largest absolute Gasteiger partial charge is 0.469 e. The summed E-state index contributed by atoms with van der Waals surface area (Å²) in [6.07, 6.45) is -0.161. The molecule has 4 N–H and O–H groups in total. The van der Waals surface area contributed by atoms with Crippen molar-refractivity contribution in [1.82, 2.24) is 9.97 Å². The molecule has 0 aliphatic rings. The number of carbonyl (C=O) groups excluding carboxylic acids is 2. The highest BCUT2D eigenvalue weighted by atomic mass is 16.5. The number of nitrogens with zero attached hydrogens (tertiary/aromatic N) is 2. The molecule has 27 heavy (non-hydrogen) atoms. The van der Waals surface area contributed by atoms with Gasteiger partial charge in [-0.3, -0.25) is 14.6 Å². The van der Waals surface area contributed by atoms with Gasteiger partial charge in [0.05, 0.1) is 31.4 Å². The molecule has 0 saturated carbocycles. The smallest absolute Gasteiger partial charge is 0.338 e. The molecule has 0 spiro atoms. The van der Waals surface area contributed by atoms with Crippen LogP contribution >= 0.6 is 0 Å². The first-order chi connectivity index (χ1) is 12.9. The number of H-pyrrole nitrogens is 1. The molecule has 0 aliphatic heterocycles. The van der Waals surface area contributed by atoms with Crippen molar-refractivity contribution >= 4 is 29.5 Å². The zero-order chi connectivity index (χ0) is 19.8. The Morgan fingerprint density at radius 1 is 1.30 bits per heavy atom. The van der Waals surface area contributed by atoms with Crippen molar-refractivity contribution in [1.29, 1.82) is 0 Å². The summed E-state index contributed by atoms with van der Waals surface area (Å²) in [6, 6.07) is 7.57. The van der Waals surface area contributed by atoms with Crippen molar-refractivity contribution in [2.75, 3.05) is 19.0 Å². The number of rotatable bonds is 6. The molecule has 1 heterocycles. The Hall–Kier alpha value is -3.69. The van der Waals surface area contributed by atoms with Gasteiger partial charge >= 0.3 is 11.9 Å². The van der Waals surface area contributed by atoms with Crippen LogP contribution in [0, 0.1) is 0 Å². The number of aromatic amines is 1. The number of hydrogen-bond donors (Lipinski definition) is 3. The molecule has 10 heteroatoms. The minimum Gasteiger partial charge on any atom is -0.469 e. The summed E-state index contributed by atoms with van der Waals surface area (Å²) in [5, 5.41) is 2.80. The predicted molar refractivity (Wildman–Crippen MR) is 97.9 cm³/mol. The van der Waals surface area contributed by atoms with E-state index in [9.17, 15) is 14.4 Å². The molecular formula is C17H19N5O5. The average Bonchev–Trinajstić information content (AvgIpc) is 2.61. The number of hydrogen-bond acceptors (Lipinski definition) is 7. The fourth-order valence-corrected chi connectivity index (χ4v) is 2.05. The van der Waals surface area contributed by atoms with E-state index in [1.54, 1.807) is 31.2 Å². The molecule has 1 aromatic carbocycles. The van der Waals surface area contributed by atoms with Crippen molar-refractivity contribution in [2.24, 2.45) is 10.7 Å². The van der Waals surface area contributed by atoms with Crippen LogP contribution in [-0.4, -0.2) is 41.6 Å². The maximum absolute atomic E-state index is 11.7. The Kier molecular flexibility index (Phi) is 6.64. The summed E-state index contributed by atoms with van der Waals surface area (Å²) in [6.45, 7) is 2.02. The van der Waals surface area contributed by atoms with Crippen LogP contribution in [0.5, 0.6) is 0 Å². The van der Waals surface area contributed by atoms with Crippen LogP contribution in [0.25, 0.3) is 0 Å². The van der Waals surface area contributed by atoms with Crippen LogP contribution in [0.3, 0.4) is 0 Å². The van der Waals surface area contributed by atoms with Crippen molar-refractivity contribution in [2.45, 2.75) is 13.3 Å². The van der Waals surface area contributed by atoms with Crippen molar-refractivity contribution in [3.63, 3.8) is 0 Å². The van der Waals surface area contributed by atoms with Crippen LogP contribution in [-0.2, 0) is 20.7 Å². The van der Waals surface area contributed by atoms with Gasteiger partial charge < -0.3 is 20.5 Å². The Labute approximate surface area is 154 Å². The Morgan fingerprint density at radius 2 is 2.00 bits per heavy atom. The second-order valence-electron chi connectivity index (χ2n) is 5.23. The number of methoxy groups -OCH3 is 1. The van der Waals surface area contributed by atoms with E-state index in [2.05, 4.69) is 25.0 Å². The van der Waals surface area contributed by atoms with Gasteiger partial charge in [0.15, 0.2) is 0 Å². The van der Waals surface area contributed by atoms with Gasteiger partial charge in [0.25, 0.3) is 5.56 Å². The first kappa shape index (κ1) is 19.6. The molecule has 10 nitrogen and oxygen atoms in total. The monoisotopic (exact) mass is 373 g/mol. The maximum Gasteiger partial charge on any atom is 0.338 e. The van der Waals surface area contributed by atoms with E-state index in [0.29, 0.717) is 17.9 Å². The number of benzene rings is 1. The third kappa shape index (κ3) is 5.96. The first-order valence-electron chi connectivity index (χ1n) is 7.96. The summed E-state index contributed by atoms with van der Waals surface area (Å²) in [4.78, 5) is 45.0. The van der Waals surface area contributed by atoms with E-state index < -0.39 is 17.5 Å².